The molecule has 1 aromatic carbocycles. The van der Waals surface area contributed by atoms with Crippen LogP contribution in [0.15, 0.2) is 53.9 Å². The predicted octanol–water partition coefficient (Wildman–Crippen LogP) is 4.15. The molecule has 0 amide bonds. The number of rotatable bonds is 2. The number of nitrogens with zero attached hydrogens (tertiary/aromatic N) is 1. The van der Waals surface area contributed by atoms with E-state index in [9.17, 15) is 4.79 Å². The lowest BCUT2D eigenvalue weighted by atomic mass is 9.78. The van der Waals surface area contributed by atoms with Gasteiger partial charge in [0, 0.05) is 29.9 Å². The highest BCUT2D eigenvalue weighted by Crippen LogP contribution is 2.40. The van der Waals surface area contributed by atoms with E-state index < -0.39 is 0 Å². The van der Waals surface area contributed by atoms with Crippen LogP contribution in [0.25, 0.3) is 0 Å². The number of ether oxygens (including phenoxy) is 1. The number of fused-ring (bicyclic) bond motifs is 3. The second-order valence-corrected chi connectivity index (χ2v) is 8.56. The van der Waals surface area contributed by atoms with Gasteiger partial charge >= 0.3 is 0 Å². The van der Waals surface area contributed by atoms with Crippen molar-refractivity contribution in [3.05, 3.63) is 59.5 Å². The first-order valence-corrected chi connectivity index (χ1v) is 9.92. The molecule has 1 aliphatic carbocycles. The first kappa shape index (κ1) is 19.7. The van der Waals surface area contributed by atoms with Crippen molar-refractivity contribution in [2.24, 2.45) is 5.41 Å². The van der Waals surface area contributed by atoms with Gasteiger partial charge in [-0.05, 0) is 30.8 Å². The zero-order chi connectivity index (χ0) is 19.4. The number of methoxy groups -OCH3 is 1. The summed E-state index contributed by atoms with van der Waals surface area (Å²) in [5, 5.41) is 3.90. The number of hydrogen-bond acceptors (Lipinski definition) is 4. The van der Waals surface area contributed by atoms with Gasteiger partial charge in [0.15, 0.2) is 0 Å². The number of piperazine rings is 1. The first-order chi connectivity index (χ1) is 13.0. The number of aldehydes is 1. The summed E-state index contributed by atoms with van der Waals surface area (Å²) < 4.78 is 5.64. The molecule has 1 saturated heterocycles. The van der Waals surface area contributed by atoms with Gasteiger partial charge in [0.05, 0.1) is 7.11 Å². The van der Waals surface area contributed by atoms with Crippen LogP contribution in [0.5, 0.6) is 0 Å². The normalized spacial score (nSPS) is 26.7. The molecule has 2 heterocycles. The van der Waals surface area contributed by atoms with Gasteiger partial charge in [-0.1, -0.05) is 57.2 Å². The fraction of sp³-hybridized carbons (Fsp3) is 0.522. The highest BCUT2D eigenvalue weighted by molar-refractivity contribution is 5.74. The topological polar surface area (TPSA) is 41.6 Å². The van der Waals surface area contributed by atoms with E-state index in [4.69, 9.17) is 4.74 Å². The van der Waals surface area contributed by atoms with Crippen molar-refractivity contribution in [3.8, 4) is 0 Å². The molecule has 0 aromatic heterocycles. The minimum atomic E-state index is 0.230. The van der Waals surface area contributed by atoms with E-state index in [0.29, 0.717) is 18.1 Å². The van der Waals surface area contributed by atoms with Gasteiger partial charge in [-0.15, -0.1) is 0 Å². The van der Waals surface area contributed by atoms with Crippen molar-refractivity contribution in [1.82, 2.24) is 10.2 Å². The summed E-state index contributed by atoms with van der Waals surface area (Å²) in [5.41, 5.74) is 2.46. The van der Waals surface area contributed by atoms with E-state index in [2.05, 4.69) is 43.1 Å². The van der Waals surface area contributed by atoms with Gasteiger partial charge in [-0.2, -0.15) is 0 Å². The third kappa shape index (κ3) is 4.27. The Morgan fingerprint density at radius 3 is 2.52 bits per heavy atom. The molecule has 2 aliphatic heterocycles. The Morgan fingerprint density at radius 2 is 1.93 bits per heavy atom. The van der Waals surface area contributed by atoms with Crippen LogP contribution in [0.1, 0.15) is 50.4 Å². The molecule has 1 aromatic rings. The maximum absolute atomic E-state index is 10.0. The number of benzene rings is 1. The lowest BCUT2D eigenvalue weighted by Gasteiger charge is -2.51. The van der Waals surface area contributed by atoms with Crippen molar-refractivity contribution in [2.75, 3.05) is 13.7 Å². The minimum Gasteiger partial charge on any atom is -0.499 e. The van der Waals surface area contributed by atoms with Gasteiger partial charge in [-0.25, -0.2) is 0 Å². The molecule has 146 valence electrons. The van der Waals surface area contributed by atoms with Gasteiger partial charge in [0.1, 0.15) is 18.1 Å². The number of carbonyl (C=O) groups excluding carboxylic acids is 1. The van der Waals surface area contributed by atoms with E-state index in [1.165, 1.54) is 25.0 Å². The second kappa shape index (κ2) is 8.30. The maximum Gasteiger partial charge on any atom is 0.150 e. The van der Waals surface area contributed by atoms with Crippen LogP contribution in [0.3, 0.4) is 0 Å². The number of hydrogen-bond donors (Lipinski definition) is 1. The molecule has 3 atom stereocenters. The molecule has 0 radical (unpaired) electrons. The zero-order valence-corrected chi connectivity index (χ0v) is 16.9. The van der Waals surface area contributed by atoms with E-state index >= 15 is 0 Å². The highest BCUT2D eigenvalue weighted by atomic mass is 16.5. The number of carbonyl (C=O) groups is 1. The Hall–Kier alpha value is -2.07. The number of nitrogens with one attached hydrogen (secondary N) is 1. The fourth-order valence-electron chi connectivity index (χ4n) is 4.30. The average Bonchev–Trinajstić information content (AvgIpc) is 3.12. The molecule has 3 unspecified atom stereocenters. The molecule has 1 fully saturated rings. The van der Waals surface area contributed by atoms with Crippen LogP contribution < -0.4 is 5.32 Å². The van der Waals surface area contributed by atoms with E-state index in [1.54, 1.807) is 19.2 Å². The van der Waals surface area contributed by atoms with Gasteiger partial charge in [0.25, 0.3) is 0 Å². The van der Waals surface area contributed by atoms with Crippen LogP contribution in [-0.4, -0.2) is 43.0 Å². The Balaban J connectivity index is 0.000000221. The Kier molecular flexibility index (Phi) is 6.05. The van der Waals surface area contributed by atoms with E-state index in [1.807, 2.05) is 18.2 Å². The highest BCUT2D eigenvalue weighted by Gasteiger charge is 2.47. The molecule has 3 aliphatic rings. The van der Waals surface area contributed by atoms with Gasteiger partial charge in [-0.3, -0.25) is 4.79 Å². The molecule has 1 N–H and O–H groups in total. The molecule has 4 heteroatoms. The quantitative estimate of drug-likeness (QED) is 0.796. The lowest BCUT2D eigenvalue weighted by molar-refractivity contribution is 0.0784. The largest absolute Gasteiger partial charge is 0.499 e. The van der Waals surface area contributed by atoms with Crippen molar-refractivity contribution < 1.29 is 9.53 Å². The van der Waals surface area contributed by atoms with E-state index in [0.717, 1.165) is 24.2 Å². The smallest absolute Gasteiger partial charge is 0.150 e. The monoisotopic (exact) mass is 368 g/mol. The molecule has 0 spiro atoms. The molecule has 27 heavy (non-hydrogen) atoms. The Morgan fingerprint density at radius 1 is 1.19 bits per heavy atom. The van der Waals surface area contributed by atoms with Crippen LogP contribution in [-0.2, 0) is 4.74 Å². The summed E-state index contributed by atoms with van der Waals surface area (Å²) in [7, 11) is 1.80. The SMILES string of the molecule is COC1=CCN2C3=CCCCC3NC(C(C)(C)C)C12.O=Cc1ccccc1. The molecule has 0 bridgehead atoms. The summed E-state index contributed by atoms with van der Waals surface area (Å²) in [5.74, 6) is 1.14. The minimum absolute atomic E-state index is 0.230. The first-order valence-electron chi connectivity index (χ1n) is 9.92. The summed E-state index contributed by atoms with van der Waals surface area (Å²) in [6.07, 6.45) is 9.31. The van der Waals surface area contributed by atoms with Crippen molar-refractivity contribution in [3.63, 3.8) is 0 Å². The van der Waals surface area contributed by atoms with Crippen LogP contribution in [0, 0.1) is 5.41 Å². The van der Waals surface area contributed by atoms with Crippen LogP contribution in [0.4, 0.5) is 0 Å². The maximum atomic E-state index is 10.0. The lowest BCUT2D eigenvalue weighted by Crippen LogP contribution is -2.64. The molecule has 0 saturated carbocycles. The zero-order valence-electron chi connectivity index (χ0n) is 16.9. The standard InChI is InChI=1S/C16H26N2O.C7H6O/c1-16(2,3)15-14-13(19-4)9-10-18(14)12-8-6-5-7-11(12)17-15;8-6-7-4-2-1-3-5-7/h8-9,11,14-15,17H,5-7,10H2,1-4H3;1-6H. The van der Waals surface area contributed by atoms with Gasteiger partial charge < -0.3 is 15.0 Å². The molecular formula is C23H32N2O2. The summed E-state index contributed by atoms with van der Waals surface area (Å²) in [4.78, 5) is 12.6. The number of allylic oxidation sites excluding steroid dienone is 1. The Bertz CT molecular complexity index is 703. The van der Waals surface area contributed by atoms with Gasteiger partial charge in [0.2, 0.25) is 0 Å². The molecular weight excluding hydrogens is 336 g/mol. The third-order valence-corrected chi connectivity index (χ3v) is 5.66. The van der Waals surface area contributed by atoms with Crippen molar-refractivity contribution >= 4 is 6.29 Å². The second-order valence-electron chi connectivity index (χ2n) is 8.56. The molecule has 4 rings (SSSR count). The average molecular weight is 369 g/mol. The van der Waals surface area contributed by atoms with Crippen LogP contribution >= 0.6 is 0 Å². The summed E-state index contributed by atoms with van der Waals surface area (Å²) >= 11 is 0. The Labute approximate surface area is 163 Å². The van der Waals surface area contributed by atoms with E-state index in [-0.39, 0.29) is 5.41 Å². The van der Waals surface area contributed by atoms with Crippen molar-refractivity contribution in [1.29, 1.82) is 0 Å². The summed E-state index contributed by atoms with van der Waals surface area (Å²) in [6.45, 7) is 7.98. The fourth-order valence-corrected chi connectivity index (χ4v) is 4.30. The predicted molar refractivity (Wildman–Crippen MR) is 110 cm³/mol. The molecule has 4 nitrogen and oxygen atoms in total. The summed E-state index contributed by atoms with van der Waals surface area (Å²) in [6, 6.07) is 10.5. The van der Waals surface area contributed by atoms with Crippen molar-refractivity contribution in [2.45, 2.75) is 58.2 Å². The third-order valence-electron chi connectivity index (χ3n) is 5.66. The van der Waals surface area contributed by atoms with Crippen LogP contribution in [0.2, 0.25) is 0 Å².